The SMILES string of the molecule is C=C(C)C1CCC2C1(C)C1CCC3C4CCCCC4CCC3C1C(C)(C)C2(C)C. The zero-order valence-electron chi connectivity index (χ0n) is 20.4. The molecule has 9 atom stereocenters. The molecule has 0 nitrogen and oxygen atoms in total. The van der Waals surface area contributed by atoms with Gasteiger partial charge in [-0.25, -0.2) is 0 Å². The summed E-state index contributed by atoms with van der Waals surface area (Å²) in [5.74, 6) is 7.71. The van der Waals surface area contributed by atoms with E-state index in [4.69, 9.17) is 0 Å². The smallest absolute Gasteiger partial charge is 0.0149 e. The lowest BCUT2D eigenvalue weighted by atomic mass is 9.34. The van der Waals surface area contributed by atoms with Gasteiger partial charge in [-0.2, -0.15) is 0 Å². The summed E-state index contributed by atoms with van der Waals surface area (Å²) < 4.78 is 0. The third-order valence-corrected chi connectivity index (χ3v) is 12.6. The highest BCUT2D eigenvalue weighted by atomic mass is 14.7. The van der Waals surface area contributed by atoms with Crippen LogP contribution in [0.15, 0.2) is 12.2 Å². The van der Waals surface area contributed by atoms with Crippen LogP contribution in [-0.2, 0) is 0 Å². The molecule has 0 aliphatic heterocycles. The van der Waals surface area contributed by atoms with Gasteiger partial charge in [0.1, 0.15) is 0 Å². The van der Waals surface area contributed by atoms with Crippen LogP contribution in [0.1, 0.15) is 106 Å². The van der Waals surface area contributed by atoms with Crippen molar-refractivity contribution in [2.45, 2.75) is 106 Å². The minimum Gasteiger partial charge on any atom is -0.0998 e. The van der Waals surface area contributed by atoms with E-state index in [1.54, 1.807) is 32.1 Å². The molecule has 0 amide bonds. The van der Waals surface area contributed by atoms with Crippen molar-refractivity contribution in [3.8, 4) is 0 Å². The third-order valence-electron chi connectivity index (χ3n) is 12.6. The maximum Gasteiger partial charge on any atom is -0.0149 e. The zero-order chi connectivity index (χ0) is 20.8. The molecule has 5 rings (SSSR count). The number of fused-ring (bicyclic) bond motifs is 7. The minimum absolute atomic E-state index is 0.429. The minimum atomic E-state index is 0.429. The Morgan fingerprint density at radius 1 is 0.690 bits per heavy atom. The van der Waals surface area contributed by atoms with Gasteiger partial charge in [0.2, 0.25) is 0 Å². The molecule has 29 heavy (non-hydrogen) atoms. The van der Waals surface area contributed by atoms with Crippen molar-refractivity contribution in [2.24, 2.45) is 63.6 Å². The van der Waals surface area contributed by atoms with Crippen molar-refractivity contribution < 1.29 is 0 Å². The molecular weight excluding hydrogens is 348 g/mol. The highest BCUT2D eigenvalue weighted by Gasteiger charge is 2.69. The number of hydrogen-bond acceptors (Lipinski definition) is 0. The van der Waals surface area contributed by atoms with E-state index >= 15 is 0 Å². The van der Waals surface area contributed by atoms with Crippen molar-refractivity contribution in [1.29, 1.82) is 0 Å². The summed E-state index contributed by atoms with van der Waals surface area (Å²) in [6, 6.07) is 0. The Labute approximate surface area is 181 Å². The molecular formula is C29H48. The molecule has 0 aromatic heterocycles. The first-order valence-electron chi connectivity index (χ1n) is 13.3. The van der Waals surface area contributed by atoms with E-state index in [0.717, 1.165) is 47.3 Å². The Morgan fingerprint density at radius 2 is 1.38 bits per heavy atom. The summed E-state index contributed by atoms with van der Waals surface area (Å²) in [6.45, 7) is 20.4. The Bertz CT molecular complexity index is 668. The average Bonchev–Trinajstić information content (AvgIpc) is 3.05. The van der Waals surface area contributed by atoms with Gasteiger partial charge in [0.05, 0.1) is 0 Å². The van der Waals surface area contributed by atoms with Crippen LogP contribution in [-0.4, -0.2) is 0 Å². The van der Waals surface area contributed by atoms with Gasteiger partial charge in [0.25, 0.3) is 0 Å². The largest absolute Gasteiger partial charge is 0.0998 e. The molecule has 164 valence electrons. The second kappa shape index (κ2) is 6.62. The summed E-state index contributed by atoms with van der Waals surface area (Å²) in [6.07, 6.45) is 15.1. The fraction of sp³-hybridized carbons (Fsp3) is 0.931. The first-order valence-corrected chi connectivity index (χ1v) is 13.3. The topological polar surface area (TPSA) is 0 Å². The predicted molar refractivity (Wildman–Crippen MR) is 125 cm³/mol. The van der Waals surface area contributed by atoms with Crippen molar-refractivity contribution in [1.82, 2.24) is 0 Å². The molecule has 0 aromatic carbocycles. The van der Waals surface area contributed by atoms with E-state index in [0.29, 0.717) is 16.2 Å². The second-order valence-electron chi connectivity index (χ2n) is 13.7. The molecule has 5 aliphatic rings. The standard InChI is InChI=1S/C29H48/c1-18(2)23-16-17-25-27(3,4)28(5,6)26-22-13-12-19-10-8-9-11-20(19)21(22)14-15-24(26)29(23,25)7/h19-26H,1,8-17H2,2-7H3. The first-order chi connectivity index (χ1) is 13.6. The van der Waals surface area contributed by atoms with Gasteiger partial charge in [-0.3, -0.25) is 0 Å². The molecule has 0 spiro atoms. The monoisotopic (exact) mass is 396 g/mol. The highest BCUT2D eigenvalue weighted by Crippen LogP contribution is 2.76. The van der Waals surface area contributed by atoms with Crippen LogP contribution < -0.4 is 0 Å². The molecule has 0 saturated heterocycles. The predicted octanol–water partition coefficient (Wildman–Crippen LogP) is 8.52. The summed E-state index contributed by atoms with van der Waals surface area (Å²) in [4.78, 5) is 0. The Kier molecular flexibility index (Phi) is 4.71. The molecule has 5 fully saturated rings. The maximum absolute atomic E-state index is 4.53. The number of hydrogen-bond donors (Lipinski definition) is 0. The van der Waals surface area contributed by atoms with Gasteiger partial charge < -0.3 is 0 Å². The fourth-order valence-electron chi connectivity index (χ4n) is 11.1. The molecule has 0 aromatic rings. The number of rotatable bonds is 1. The zero-order valence-corrected chi connectivity index (χ0v) is 20.4. The van der Waals surface area contributed by atoms with Crippen molar-refractivity contribution >= 4 is 0 Å². The van der Waals surface area contributed by atoms with E-state index in [1.165, 1.54) is 37.7 Å². The Hall–Kier alpha value is -0.260. The molecule has 0 heterocycles. The van der Waals surface area contributed by atoms with E-state index in [9.17, 15) is 0 Å². The molecule has 5 saturated carbocycles. The number of allylic oxidation sites excluding steroid dienone is 1. The second-order valence-corrected chi connectivity index (χ2v) is 13.7. The summed E-state index contributed by atoms with van der Waals surface area (Å²) in [7, 11) is 0. The normalized spacial score (nSPS) is 52.6. The molecule has 0 N–H and O–H groups in total. The van der Waals surface area contributed by atoms with Crippen LogP contribution in [0.2, 0.25) is 0 Å². The third kappa shape index (κ3) is 2.56. The van der Waals surface area contributed by atoms with Crippen LogP contribution in [0.25, 0.3) is 0 Å². The van der Waals surface area contributed by atoms with Crippen molar-refractivity contribution in [3.63, 3.8) is 0 Å². The van der Waals surface area contributed by atoms with Crippen molar-refractivity contribution in [2.75, 3.05) is 0 Å². The molecule has 5 aliphatic carbocycles. The van der Waals surface area contributed by atoms with Crippen molar-refractivity contribution in [3.05, 3.63) is 12.2 Å². The Morgan fingerprint density at radius 3 is 2.10 bits per heavy atom. The average molecular weight is 397 g/mol. The first kappa shape index (κ1) is 20.6. The Balaban J connectivity index is 1.58. The molecule has 0 heteroatoms. The van der Waals surface area contributed by atoms with E-state index in [2.05, 4.69) is 48.1 Å². The van der Waals surface area contributed by atoms with Crippen LogP contribution in [0.5, 0.6) is 0 Å². The van der Waals surface area contributed by atoms with E-state index < -0.39 is 0 Å². The van der Waals surface area contributed by atoms with Crippen LogP contribution in [0.4, 0.5) is 0 Å². The van der Waals surface area contributed by atoms with Gasteiger partial charge in [-0.05, 0) is 115 Å². The van der Waals surface area contributed by atoms with E-state index in [-0.39, 0.29) is 0 Å². The molecule has 0 bridgehead atoms. The van der Waals surface area contributed by atoms with Gasteiger partial charge in [0, 0.05) is 0 Å². The van der Waals surface area contributed by atoms with Crippen LogP contribution in [0, 0.1) is 63.6 Å². The van der Waals surface area contributed by atoms with E-state index in [1.807, 2.05) is 0 Å². The van der Waals surface area contributed by atoms with Gasteiger partial charge in [0.15, 0.2) is 0 Å². The lowest BCUT2D eigenvalue weighted by Gasteiger charge is -2.70. The van der Waals surface area contributed by atoms with Crippen LogP contribution in [0.3, 0.4) is 0 Å². The lowest BCUT2D eigenvalue weighted by molar-refractivity contribution is -0.219. The maximum atomic E-state index is 4.53. The highest BCUT2D eigenvalue weighted by molar-refractivity contribution is 5.21. The molecule has 0 radical (unpaired) electrons. The van der Waals surface area contributed by atoms with Gasteiger partial charge >= 0.3 is 0 Å². The summed E-state index contributed by atoms with van der Waals surface area (Å²) in [5, 5.41) is 0. The van der Waals surface area contributed by atoms with Crippen LogP contribution >= 0.6 is 0 Å². The van der Waals surface area contributed by atoms with Gasteiger partial charge in [-0.15, -0.1) is 0 Å². The summed E-state index contributed by atoms with van der Waals surface area (Å²) in [5.41, 5.74) is 2.86. The molecule has 9 unspecified atom stereocenters. The fourth-order valence-corrected chi connectivity index (χ4v) is 11.1. The van der Waals surface area contributed by atoms with Gasteiger partial charge in [-0.1, -0.05) is 66.0 Å². The summed E-state index contributed by atoms with van der Waals surface area (Å²) >= 11 is 0. The lowest BCUT2D eigenvalue weighted by Crippen LogP contribution is -2.64. The quantitative estimate of drug-likeness (QED) is 0.390.